The van der Waals surface area contributed by atoms with Crippen LogP contribution in [-0.2, 0) is 19.0 Å². The Kier molecular flexibility index (Phi) is 5.78. The van der Waals surface area contributed by atoms with Gasteiger partial charge in [-0.15, -0.1) is 11.8 Å². The number of thioether (sulfide) groups is 1. The first-order chi connectivity index (χ1) is 11.6. The fourth-order valence-electron chi connectivity index (χ4n) is 3.07. The minimum Gasteiger partial charge on any atom is -0.388 e. The lowest BCUT2D eigenvalue weighted by Crippen LogP contribution is -2.65. The van der Waals surface area contributed by atoms with E-state index in [-0.39, 0.29) is 17.4 Å². The number of benzene rings is 1. The van der Waals surface area contributed by atoms with Crippen molar-refractivity contribution >= 4 is 17.7 Å². The predicted octanol–water partition coefficient (Wildman–Crippen LogP) is 1.44. The van der Waals surface area contributed by atoms with Gasteiger partial charge in [0.15, 0.2) is 6.29 Å². The van der Waals surface area contributed by atoms with Crippen molar-refractivity contribution in [2.45, 2.75) is 49.9 Å². The Morgan fingerprint density at radius 3 is 2.75 bits per heavy atom. The molecule has 24 heavy (non-hydrogen) atoms. The predicted molar refractivity (Wildman–Crippen MR) is 90.4 cm³/mol. The molecule has 1 aromatic rings. The van der Waals surface area contributed by atoms with Gasteiger partial charge in [-0.1, -0.05) is 37.3 Å². The molecule has 6 atom stereocenters. The van der Waals surface area contributed by atoms with Crippen molar-refractivity contribution in [3.63, 3.8) is 0 Å². The molecule has 6 nitrogen and oxygen atoms in total. The van der Waals surface area contributed by atoms with E-state index < -0.39 is 24.5 Å². The molecular formula is C17H23NO5S. The molecule has 0 radical (unpaired) electrons. The fourth-order valence-corrected chi connectivity index (χ4v) is 4.05. The minimum absolute atomic E-state index is 0.200. The fraction of sp³-hybridized carbons (Fsp3) is 0.588. The van der Waals surface area contributed by atoms with Gasteiger partial charge in [0.25, 0.3) is 0 Å². The second kappa shape index (κ2) is 7.84. The van der Waals surface area contributed by atoms with Gasteiger partial charge in [0.2, 0.25) is 5.91 Å². The molecule has 0 aliphatic carbocycles. The van der Waals surface area contributed by atoms with Gasteiger partial charge in [-0.05, 0) is 5.75 Å². The Morgan fingerprint density at radius 2 is 2.08 bits per heavy atom. The van der Waals surface area contributed by atoms with E-state index in [9.17, 15) is 9.90 Å². The maximum atomic E-state index is 11.5. The number of amides is 1. The number of carbonyl (C=O) groups excluding carboxylic acids is 1. The largest absolute Gasteiger partial charge is 0.388 e. The van der Waals surface area contributed by atoms with E-state index in [1.807, 2.05) is 37.3 Å². The van der Waals surface area contributed by atoms with Gasteiger partial charge in [0.05, 0.1) is 12.6 Å². The van der Waals surface area contributed by atoms with Gasteiger partial charge in [0, 0.05) is 12.5 Å². The van der Waals surface area contributed by atoms with Gasteiger partial charge in [-0.2, -0.15) is 0 Å². The van der Waals surface area contributed by atoms with Crippen LogP contribution in [0.1, 0.15) is 25.7 Å². The number of carbonyl (C=O) groups is 1. The summed E-state index contributed by atoms with van der Waals surface area (Å²) in [5.41, 5.74) is 0.569. The normalized spacial score (nSPS) is 36.0. The molecule has 0 unspecified atom stereocenters. The van der Waals surface area contributed by atoms with Crippen LogP contribution in [-0.4, -0.2) is 53.2 Å². The van der Waals surface area contributed by atoms with Gasteiger partial charge in [-0.3, -0.25) is 4.79 Å². The molecule has 0 bridgehead atoms. The second-order valence-electron chi connectivity index (χ2n) is 5.89. The Bertz CT molecular complexity index is 557. The molecule has 132 valence electrons. The van der Waals surface area contributed by atoms with Crippen molar-refractivity contribution in [2.24, 2.45) is 0 Å². The Labute approximate surface area is 145 Å². The summed E-state index contributed by atoms with van der Waals surface area (Å²) >= 11 is 1.55. The molecule has 2 N–H and O–H groups in total. The third kappa shape index (κ3) is 3.75. The smallest absolute Gasteiger partial charge is 0.217 e. The summed E-state index contributed by atoms with van der Waals surface area (Å²) < 4.78 is 17.8. The van der Waals surface area contributed by atoms with Crippen LogP contribution >= 0.6 is 11.8 Å². The molecule has 1 aromatic carbocycles. The number of ether oxygens (including phenoxy) is 3. The molecule has 3 rings (SSSR count). The zero-order valence-electron chi connectivity index (χ0n) is 13.8. The van der Waals surface area contributed by atoms with Crippen molar-refractivity contribution in [3.8, 4) is 0 Å². The molecule has 1 amide bonds. The molecule has 7 heteroatoms. The highest BCUT2D eigenvalue weighted by Gasteiger charge is 2.49. The van der Waals surface area contributed by atoms with Crippen LogP contribution in [0, 0.1) is 0 Å². The van der Waals surface area contributed by atoms with Gasteiger partial charge >= 0.3 is 0 Å². The van der Waals surface area contributed by atoms with Crippen LogP contribution in [0.3, 0.4) is 0 Å². The van der Waals surface area contributed by atoms with Crippen LogP contribution in [0.2, 0.25) is 0 Å². The van der Waals surface area contributed by atoms with Crippen LogP contribution in [0.15, 0.2) is 30.3 Å². The first-order valence-electron chi connectivity index (χ1n) is 8.14. The van der Waals surface area contributed by atoms with Crippen molar-refractivity contribution in [2.75, 3.05) is 12.4 Å². The maximum Gasteiger partial charge on any atom is 0.217 e. The van der Waals surface area contributed by atoms with Crippen LogP contribution < -0.4 is 5.32 Å². The van der Waals surface area contributed by atoms with Crippen molar-refractivity contribution in [1.82, 2.24) is 5.32 Å². The van der Waals surface area contributed by atoms with Crippen LogP contribution in [0.25, 0.3) is 0 Å². The zero-order chi connectivity index (χ0) is 17.1. The highest BCUT2D eigenvalue weighted by molar-refractivity contribution is 7.99. The van der Waals surface area contributed by atoms with E-state index in [2.05, 4.69) is 5.32 Å². The number of fused-ring (bicyclic) bond motifs is 1. The maximum absolute atomic E-state index is 11.5. The Morgan fingerprint density at radius 1 is 1.33 bits per heavy atom. The summed E-state index contributed by atoms with van der Waals surface area (Å²) in [4.78, 5) is 11.5. The van der Waals surface area contributed by atoms with Gasteiger partial charge in [-0.25, -0.2) is 0 Å². The minimum atomic E-state index is -0.855. The van der Waals surface area contributed by atoms with E-state index in [0.29, 0.717) is 6.61 Å². The SMILES string of the molecule is CCS[C@@H]1O[C@H]2CO[C@H](c3ccccc3)O[C@@H]2[C@@H](O)[C@@H]1NC(C)=O. The second-order valence-corrected chi connectivity index (χ2v) is 7.27. The summed E-state index contributed by atoms with van der Waals surface area (Å²) in [6.07, 6.45) is -2.30. The third-order valence-electron chi connectivity index (χ3n) is 4.14. The van der Waals surface area contributed by atoms with Gasteiger partial charge < -0.3 is 24.6 Å². The number of hydrogen-bond donors (Lipinski definition) is 2. The van der Waals surface area contributed by atoms with E-state index >= 15 is 0 Å². The summed E-state index contributed by atoms with van der Waals surface area (Å²) in [5.74, 6) is 0.619. The topological polar surface area (TPSA) is 77.0 Å². The van der Waals surface area contributed by atoms with Crippen molar-refractivity contribution in [1.29, 1.82) is 0 Å². The number of aliphatic hydroxyl groups excluding tert-OH is 1. The third-order valence-corrected chi connectivity index (χ3v) is 5.20. The summed E-state index contributed by atoms with van der Waals surface area (Å²) in [7, 11) is 0. The van der Waals surface area contributed by atoms with E-state index in [0.717, 1.165) is 11.3 Å². The lowest BCUT2D eigenvalue weighted by molar-refractivity contribution is -0.306. The van der Waals surface area contributed by atoms with Crippen molar-refractivity contribution < 1.29 is 24.1 Å². The summed E-state index contributed by atoms with van der Waals surface area (Å²) in [5, 5.41) is 13.6. The molecule has 0 aromatic heterocycles. The molecule has 2 heterocycles. The molecule has 2 aliphatic heterocycles. The van der Waals surface area contributed by atoms with Crippen molar-refractivity contribution in [3.05, 3.63) is 35.9 Å². The van der Waals surface area contributed by atoms with E-state index in [4.69, 9.17) is 14.2 Å². The molecule has 2 aliphatic rings. The number of aliphatic hydroxyl groups is 1. The van der Waals surface area contributed by atoms with E-state index in [1.54, 1.807) is 11.8 Å². The monoisotopic (exact) mass is 353 g/mol. The van der Waals surface area contributed by atoms with Gasteiger partial charge in [0.1, 0.15) is 23.7 Å². The number of hydrogen-bond acceptors (Lipinski definition) is 6. The number of nitrogens with one attached hydrogen (secondary N) is 1. The lowest BCUT2D eigenvalue weighted by Gasteiger charge is -2.47. The average Bonchev–Trinajstić information content (AvgIpc) is 2.59. The van der Waals surface area contributed by atoms with E-state index in [1.165, 1.54) is 6.92 Å². The summed E-state index contributed by atoms with van der Waals surface area (Å²) in [6.45, 7) is 3.79. The Hall–Kier alpha value is -1.12. The average molecular weight is 353 g/mol. The molecule has 2 saturated heterocycles. The molecule has 0 spiro atoms. The summed E-state index contributed by atoms with van der Waals surface area (Å²) in [6, 6.07) is 9.08. The molecule has 0 saturated carbocycles. The zero-order valence-corrected chi connectivity index (χ0v) is 14.6. The quantitative estimate of drug-likeness (QED) is 0.853. The van der Waals surface area contributed by atoms with Crippen LogP contribution in [0.5, 0.6) is 0 Å². The standard InChI is InChI=1S/C17H23NO5S/c1-3-24-17-13(18-10(2)19)14(20)15-12(22-17)9-21-16(23-15)11-7-5-4-6-8-11/h4-8,12-17,20H,3,9H2,1-2H3,(H,18,19)/t12-,13-,14-,15-,16-,17-/m0/s1. The number of rotatable bonds is 4. The first kappa shape index (κ1) is 17.7. The highest BCUT2D eigenvalue weighted by Crippen LogP contribution is 2.36. The van der Waals surface area contributed by atoms with Crippen LogP contribution in [0.4, 0.5) is 0 Å². The Balaban J connectivity index is 1.76. The first-order valence-corrected chi connectivity index (χ1v) is 9.19. The molecular weight excluding hydrogens is 330 g/mol. The molecule has 2 fully saturated rings. The highest BCUT2D eigenvalue weighted by atomic mass is 32.2. The lowest BCUT2D eigenvalue weighted by atomic mass is 9.96.